The van der Waals surface area contributed by atoms with E-state index >= 15 is 0 Å². The van der Waals surface area contributed by atoms with E-state index in [0.717, 1.165) is 62.9 Å². The van der Waals surface area contributed by atoms with E-state index in [-0.39, 0.29) is 0 Å². The number of aliphatic imine (C=N–C) groups is 1. The lowest BCUT2D eigenvalue weighted by molar-refractivity contribution is 0.155. The Bertz CT molecular complexity index is 521. The van der Waals surface area contributed by atoms with Crippen LogP contribution in [0.25, 0.3) is 0 Å². The smallest absolute Gasteiger partial charge is 0.191 e. The molecule has 0 aromatic carbocycles. The molecule has 25 heavy (non-hydrogen) atoms. The Morgan fingerprint density at radius 1 is 1.44 bits per heavy atom. The molecule has 0 saturated carbocycles. The lowest BCUT2D eigenvalue weighted by Crippen LogP contribution is -2.48. The van der Waals surface area contributed by atoms with E-state index < -0.39 is 0 Å². The molecule has 0 aliphatic carbocycles. The summed E-state index contributed by atoms with van der Waals surface area (Å²) in [6.07, 6.45) is 3.37. The number of piperidine rings is 1. The normalized spacial score (nSPS) is 17.2. The van der Waals surface area contributed by atoms with Gasteiger partial charge in [-0.05, 0) is 25.2 Å². The lowest BCUT2D eigenvalue weighted by atomic mass is 10.1. The Morgan fingerprint density at radius 2 is 2.20 bits per heavy atom. The highest BCUT2D eigenvalue weighted by Gasteiger charge is 2.19. The highest BCUT2D eigenvalue weighted by molar-refractivity contribution is 5.79. The van der Waals surface area contributed by atoms with Crippen LogP contribution in [-0.2, 0) is 11.3 Å². The van der Waals surface area contributed by atoms with E-state index in [1.807, 2.05) is 6.07 Å². The number of methoxy groups -OCH3 is 1. The van der Waals surface area contributed by atoms with Gasteiger partial charge in [-0.3, -0.25) is 4.99 Å². The Hall–Kier alpha value is -1.60. The van der Waals surface area contributed by atoms with Gasteiger partial charge >= 0.3 is 0 Å². The minimum atomic E-state index is 0.379. The molecule has 2 heterocycles. The summed E-state index contributed by atoms with van der Waals surface area (Å²) in [5.41, 5.74) is 0.987. The third kappa shape index (κ3) is 6.66. The van der Waals surface area contributed by atoms with Crippen LogP contribution in [0.2, 0.25) is 0 Å². The predicted molar refractivity (Wildman–Crippen MR) is 99.9 cm³/mol. The Labute approximate surface area is 151 Å². The molecule has 1 saturated heterocycles. The standard InChI is InChI=1S/C18H33N5O2/c1-14(2)17-12-16(25-22-17)13-20-18(19-3)21-15-6-9-23(10-7-15)8-5-11-24-4/h12,14-15H,5-11,13H2,1-4H3,(H2,19,20,21). The van der Waals surface area contributed by atoms with Crippen molar-refractivity contribution in [1.82, 2.24) is 20.7 Å². The molecular weight excluding hydrogens is 318 g/mol. The molecule has 0 spiro atoms. The largest absolute Gasteiger partial charge is 0.385 e. The van der Waals surface area contributed by atoms with E-state index in [2.05, 4.69) is 39.5 Å². The van der Waals surface area contributed by atoms with Gasteiger partial charge in [-0.2, -0.15) is 0 Å². The average molecular weight is 351 g/mol. The van der Waals surface area contributed by atoms with Crippen LogP contribution in [0.3, 0.4) is 0 Å². The number of nitrogens with zero attached hydrogens (tertiary/aromatic N) is 3. The SMILES string of the molecule is CN=C(NCc1cc(C(C)C)no1)NC1CCN(CCCOC)CC1. The molecule has 2 N–H and O–H groups in total. The van der Waals surface area contributed by atoms with Crippen LogP contribution >= 0.6 is 0 Å². The van der Waals surface area contributed by atoms with Gasteiger partial charge in [0.15, 0.2) is 11.7 Å². The van der Waals surface area contributed by atoms with Crippen molar-refractivity contribution in [2.45, 2.75) is 51.6 Å². The quantitative estimate of drug-likeness (QED) is 0.424. The van der Waals surface area contributed by atoms with E-state index in [1.54, 1.807) is 14.2 Å². The number of ether oxygens (including phenoxy) is 1. The van der Waals surface area contributed by atoms with Crippen LogP contribution in [0.15, 0.2) is 15.6 Å². The van der Waals surface area contributed by atoms with Gasteiger partial charge in [0, 0.05) is 52.5 Å². The van der Waals surface area contributed by atoms with Crippen molar-refractivity contribution in [3.8, 4) is 0 Å². The highest BCUT2D eigenvalue weighted by Crippen LogP contribution is 2.14. The summed E-state index contributed by atoms with van der Waals surface area (Å²) >= 11 is 0. The van der Waals surface area contributed by atoms with Crippen molar-refractivity contribution < 1.29 is 9.26 Å². The number of hydrogen-bond acceptors (Lipinski definition) is 5. The molecule has 0 bridgehead atoms. The fraction of sp³-hybridized carbons (Fsp3) is 0.778. The molecule has 1 fully saturated rings. The number of likely N-dealkylation sites (tertiary alicyclic amines) is 1. The minimum Gasteiger partial charge on any atom is -0.385 e. The van der Waals surface area contributed by atoms with Crippen molar-refractivity contribution >= 4 is 5.96 Å². The number of hydrogen-bond donors (Lipinski definition) is 2. The maximum Gasteiger partial charge on any atom is 0.191 e. The maximum absolute atomic E-state index is 5.36. The van der Waals surface area contributed by atoms with Gasteiger partial charge in [0.1, 0.15) is 0 Å². The molecule has 0 radical (unpaired) electrons. The molecule has 2 rings (SSSR count). The van der Waals surface area contributed by atoms with Crippen molar-refractivity contribution in [2.24, 2.45) is 4.99 Å². The van der Waals surface area contributed by atoms with Crippen molar-refractivity contribution in [3.05, 3.63) is 17.5 Å². The second-order valence-electron chi connectivity index (χ2n) is 6.91. The van der Waals surface area contributed by atoms with Gasteiger partial charge in [0.2, 0.25) is 0 Å². The first-order chi connectivity index (χ1) is 12.1. The highest BCUT2D eigenvalue weighted by atomic mass is 16.5. The second-order valence-corrected chi connectivity index (χ2v) is 6.91. The van der Waals surface area contributed by atoms with Crippen molar-refractivity contribution in [2.75, 3.05) is 40.4 Å². The zero-order chi connectivity index (χ0) is 18.1. The fourth-order valence-electron chi connectivity index (χ4n) is 2.98. The summed E-state index contributed by atoms with van der Waals surface area (Å²) < 4.78 is 10.5. The summed E-state index contributed by atoms with van der Waals surface area (Å²) in [6, 6.07) is 2.47. The first-order valence-corrected chi connectivity index (χ1v) is 9.26. The lowest BCUT2D eigenvalue weighted by Gasteiger charge is -2.33. The minimum absolute atomic E-state index is 0.379. The van der Waals surface area contributed by atoms with Gasteiger partial charge in [0.05, 0.1) is 12.2 Å². The van der Waals surface area contributed by atoms with E-state index in [9.17, 15) is 0 Å². The molecular formula is C18H33N5O2. The first kappa shape index (κ1) is 19.7. The molecule has 1 aliphatic heterocycles. The van der Waals surface area contributed by atoms with E-state index in [0.29, 0.717) is 18.5 Å². The van der Waals surface area contributed by atoms with Crippen molar-refractivity contribution in [1.29, 1.82) is 0 Å². The second kappa shape index (κ2) is 10.4. The number of rotatable bonds is 8. The Morgan fingerprint density at radius 3 is 2.80 bits per heavy atom. The van der Waals surface area contributed by atoms with Gasteiger partial charge in [0.25, 0.3) is 0 Å². The van der Waals surface area contributed by atoms with E-state index in [4.69, 9.17) is 9.26 Å². The van der Waals surface area contributed by atoms with Crippen molar-refractivity contribution in [3.63, 3.8) is 0 Å². The summed E-state index contributed by atoms with van der Waals surface area (Å²) in [4.78, 5) is 6.83. The molecule has 7 nitrogen and oxygen atoms in total. The van der Waals surface area contributed by atoms with Gasteiger partial charge in [-0.15, -0.1) is 0 Å². The van der Waals surface area contributed by atoms with Gasteiger partial charge < -0.3 is 24.8 Å². The van der Waals surface area contributed by atoms with Crippen LogP contribution in [0.5, 0.6) is 0 Å². The monoisotopic (exact) mass is 351 g/mol. The summed E-state index contributed by atoms with van der Waals surface area (Å²) in [5, 5.41) is 10.9. The molecule has 1 aliphatic rings. The number of nitrogens with one attached hydrogen (secondary N) is 2. The van der Waals surface area contributed by atoms with Gasteiger partial charge in [-0.1, -0.05) is 19.0 Å². The molecule has 0 amide bonds. The van der Waals surface area contributed by atoms with Gasteiger partial charge in [-0.25, -0.2) is 0 Å². The van der Waals surface area contributed by atoms with E-state index in [1.165, 1.54) is 0 Å². The Balaban J connectivity index is 1.70. The third-order valence-electron chi connectivity index (χ3n) is 4.57. The molecule has 142 valence electrons. The van der Waals surface area contributed by atoms with Crippen LogP contribution in [-0.4, -0.2) is 62.5 Å². The number of aromatic nitrogens is 1. The summed E-state index contributed by atoms with van der Waals surface area (Å²) in [6.45, 7) is 9.02. The molecule has 1 aromatic heterocycles. The van der Waals surface area contributed by atoms with Crippen LogP contribution < -0.4 is 10.6 Å². The number of guanidine groups is 1. The predicted octanol–water partition coefficient (Wildman–Crippen LogP) is 1.96. The summed E-state index contributed by atoms with van der Waals surface area (Å²) in [5.74, 6) is 2.03. The summed E-state index contributed by atoms with van der Waals surface area (Å²) in [7, 11) is 3.56. The zero-order valence-electron chi connectivity index (χ0n) is 16.0. The van der Waals surface area contributed by atoms with Crippen LogP contribution in [0.4, 0.5) is 0 Å². The molecule has 0 atom stereocenters. The first-order valence-electron chi connectivity index (χ1n) is 9.26. The topological polar surface area (TPSA) is 74.9 Å². The third-order valence-corrected chi connectivity index (χ3v) is 4.57. The average Bonchev–Trinajstić information content (AvgIpc) is 3.09. The zero-order valence-corrected chi connectivity index (χ0v) is 16.0. The van der Waals surface area contributed by atoms with Crippen LogP contribution in [0, 0.1) is 0 Å². The molecule has 7 heteroatoms. The fourth-order valence-corrected chi connectivity index (χ4v) is 2.98. The molecule has 1 aromatic rings. The molecule has 0 unspecified atom stereocenters. The maximum atomic E-state index is 5.36. The van der Waals surface area contributed by atoms with Crippen LogP contribution in [0.1, 0.15) is 50.5 Å². The Kier molecular flexibility index (Phi) is 8.21.